The van der Waals surface area contributed by atoms with Crippen LogP contribution in [0.3, 0.4) is 0 Å². The van der Waals surface area contributed by atoms with Gasteiger partial charge in [0.1, 0.15) is 5.82 Å². The lowest BCUT2D eigenvalue weighted by molar-refractivity contribution is 0.780. The standard InChI is InChI=1S/C25H18ClN5S2/c26-19-12-10-18(11-13-19)21-15-31-24(28-21)33-25(29-31)32-16-23-27-20-8-4-5-9-22(20)30(23)14-17-6-2-1-3-7-17/h1-13,15H,14,16H2. The fraction of sp³-hybridized carbons (Fsp3) is 0.0800. The molecule has 0 bridgehead atoms. The van der Waals surface area contributed by atoms with Gasteiger partial charge in [-0.1, -0.05) is 89.3 Å². The molecule has 0 N–H and O–H groups in total. The first kappa shape index (κ1) is 20.5. The van der Waals surface area contributed by atoms with Crippen LogP contribution in [0.1, 0.15) is 11.4 Å². The molecule has 0 spiro atoms. The Bertz CT molecular complexity index is 1520. The Labute approximate surface area is 203 Å². The summed E-state index contributed by atoms with van der Waals surface area (Å²) in [7, 11) is 0. The molecule has 33 heavy (non-hydrogen) atoms. The Hall–Kier alpha value is -3.13. The van der Waals surface area contributed by atoms with Crippen molar-refractivity contribution in [1.82, 2.24) is 24.1 Å². The molecule has 6 aromatic rings. The van der Waals surface area contributed by atoms with Crippen molar-refractivity contribution in [3.05, 3.63) is 101 Å². The van der Waals surface area contributed by atoms with Crippen LogP contribution in [0.25, 0.3) is 27.3 Å². The minimum Gasteiger partial charge on any atom is -0.323 e. The molecular formula is C25H18ClN5S2. The van der Waals surface area contributed by atoms with Crippen LogP contribution >= 0.6 is 34.7 Å². The number of para-hydroxylation sites is 2. The number of rotatable bonds is 6. The summed E-state index contributed by atoms with van der Waals surface area (Å²) in [5.74, 6) is 1.78. The minimum atomic E-state index is 0.717. The van der Waals surface area contributed by atoms with E-state index in [0.29, 0.717) is 0 Å². The van der Waals surface area contributed by atoms with Crippen molar-refractivity contribution in [2.24, 2.45) is 0 Å². The minimum absolute atomic E-state index is 0.717. The molecule has 3 heterocycles. The topological polar surface area (TPSA) is 48.0 Å². The summed E-state index contributed by atoms with van der Waals surface area (Å²) in [6.45, 7) is 0.795. The summed E-state index contributed by atoms with van der Waals surface area (Å²) < 4.78 is 5.12. The highest BCUT2D eigenvalue weighted by Crippen LogP contribution is 2.31. The maximum absolute atomic E-state index is 6.00. The average Bonchev–Trinajstić information content (AvgIpc) is 3.51. The third kappa shape index (κ3) is 4.15. The first-order valence-electron chi connectivity index (χ1n) is 10.5. The van der Waals surface area contributed by atoms with Gasteiger partial charge in [0.2, 0.25) is 4.96 Å². The number of benzene rings is 3. The summed E-state index contributed by atoms with van der Waals surface area (Å²) in [6.07, 6.45) is 1.96. The highest BCUT2D eigenvalue weighted by Gasteiger charge is 2.14. The van der Waals surface area contributed by atoms with Gasteiger partial charge in [-0.3, -0.25) is 0 Å². The van der Waals surface area contributed by atoms with E-state index < -0.39 is 0 Å². The normalized spacial score (nSPS) is 11.5. The maximum atomic E-state index is 6.00. The van der Waals surface area contributed by atoms with Crippen molar-refractivity contribution in [3.8, 4) is 11.3 Å². The number of nitrogens with zero attached hydrogens (tertiary/aromatic N) is 5. The lowest BCUT2D eigenvalue weighted by Gasteiger charge is -2.09. The van der Waals surface area contributed by atoms with E-state index in [2.05, 4.69) is 47.0 Å². The highest BCUT2D eigenvalue weighted by atomic mass is 35.5. The van der Waals surface area contributed by atoms with Gasteiger partial charge in [0, 0.05) is 17.1 Å². The molecule has 0 atom stereocenters. The molecule has 0 amide bonds. The smallest absolute Gasteiger partial charge is 0.213 e. The van der Waals surface area contributed by atoms with E-state index in [1.807, 2.05) is 47.1 Å². The van der Waals surface area contributed by atoms with Gasteiger partial charge in [0.25, 0.3) is 0 Å². The first-order valence-corrected chi connectivity index (χ1v) is 12.6. The highest BCUT2D eigenvalue weighted by molar-refractivity contribution is 8.00. The van der Waals surface area contributed by atoms with Gasteiger partial charge in [-0.25, -0.2) is 14.5 Å². The predicted octanol–water partition coefficient (Wildman–Crippen LogP) is 6.80. The van der Waals surface area contributed by atoms with Gasteiger partial charge in [-0.15, -0.1) is 5.10 Å². The van der Waals surface area contributed by atoms with Gasteiger partial charge in [-0.05, 0) is 29.8 Å². The van der Waals surface area contributed by atoms with Gasteiger partial charge in [-0.2, -0.15) is 0 Å². The zero-order chi connectivity index (χ0) is 22.2. The molecule has 162 valence electrons. The largest absolute Gasteiger partial charge is 0.323 e. The Balaban J connectivity index is 1.25. The quantitative estimate of drug-likeness (QED) is 0.242. The second-order valence-corrected chi connectivity index (χ2v) is 10.2. The first-order chi connectivity index (χ1) is 16.2. The van der Waals surface area contributed by atoms with Crippen LogP contribution in [0.4, 0.5) is 0 Å². The molecule has 0 saturated carbocycles. The van der Waals surface area contributed by atoms with Crippen molar-refractivity contribution in [1.29, 1.82) is 0 Å². The van der Waals surface area contributed by atoms with Crippen LogP contribution < -0.4 is 0 Å². The maximum Gasteiger partial charge on any atom is 0.213 e. The number of hydrogen-bond donors (Lipinski definition) is 0. The second kappa shape index (κ2) is 8.67. The number of hydrogen-bond acceptors (Lipinski definition) is 5. The second-order valence-electron chi connectivity index (χ2n) is 7.61. The summed E-state index contributed by atoms with van der Waals surface area (Å²) in [5.41, 5.74) is 5.35. The molecule has 0 aliphatic rings. The van der Waals surface area contributed by atoms with Crippen LogP contribution in [0, 0.1) is 0 Å². The Morgan fingerprint density at radius 3 is 2.48 bits per heavy atom. The van der Waals surface area contributed by atoms with Crippen molar-refractivity contribution in [2.75, 3.05) is 0 Å². The van der Waals surface area contributed by atoms with Crippen LogP contribution in [-0.4, -0.2) is 24.1 Å². The molecule has 3 aromatic carbocycles. The monoisotopic (exact) mass is 487 g/mol. The Morgan fingerprint density at radius 1 is 0.879 bits per heavy atom. The lowest BCUT2D eigenvalue weighted by Crippen LogP contribution is -2.04. The molecule has 0 fully saturated rings. The van der Waals surface area contributed by atoms with Crippen molar-refractivity contribution in [3.63, 3.8) is 0 Å². The molecule has 6 rings (SSSR count). The number of fused-ring (bicyclic) bond motifs is 2. The van der Waals surface area contributed by atoms with E-state index in [1.54, 1.807) is 23.1 Å². The Kier molecular flexibility index (Phi) is 5.38. The SMILES string of the molecule is Clc1ccc(-c2cn3nc(SCc4nc5ccccc5n4Cc4ccccc4)sc3n2)cc1. The van der Waals surface area contributed by atoms with Gasteiger partial charge in [0.15, 0.2) is 4.34 Å². The number of halogens is 1. The number of thioether (sulfide) groups is 1. The van der Waals surface area contributed by atoms with Crippen LogP contribution in [-0.2, 0) is 12.3 Å². The molecule has 0 aliphatic carbocycles. The summed E-state index contributed by atoms with van der Waals surface area (Å²) in [6, 6.07) is 26.5. The van der Waals surface area contributed by atoms with Gasteiger partial charge < -0.3 is 4.57 Å². The summed E-state index contributed by atoms with van der Waals surface area (Å²) in [4.78, 5) is 10.5. The van der Waals surface area contributed by atoms with Crippen LogP contribution in [0.5, 0.6) is 0 Å². The fourth-order valence-electron chi connectivity index (χ4n) is 3.80. The van der Waals surface area contributed by atoms with E-state index in [-0.39, 0.29) is 0 Å². The van der Waals surface area contributed by atoms with Gasteiger partial charge >= 0.3 is 0 Å². The molecule has 0 unspecified atom stereocenters. The molecule has 3 aromatic heterocycles. The molecule has 0 aliphatic heterocycles. The van der Waals surface area contributed by atoms with E-state index in [1.165, 1.54) is 5.56 Å². The van der Waals surface area contributed by atoms with E-state index in [4.69, 9.17) is 26.7 Å². The zero-order valence-corrected chi connectivity index (χ0v) is 19.8. The molecular weight excluding hydrogens is 470 g/mol. The number of imidazole rings is 2. The lowest BCUT2D eigenvalue weighted by atomic mass is 10.2. The van der Waals surface area contributed by atoms with Crippen LogP contribution in [0.2, 0.25) is 5.02 Å². The predicted molar refractivity (Wildman–Crippen MR) is 136 cm³/mol. The third-order valence-corrected chi connectivity index (χ3v) is 7.71. The molecule has 0 radical (unpaired) electrons. The van der Waals surface area contributed by atoms with E-state index in [0.717, 1.165) is 54.7 Å². The molecule has 5 nitrogen and oxygen atoms in total. The Morgan fingerprint density at radius 2 is 1.67 bits per heavy atom. The third-order valence-electron chi connectivity index (χ3n) is 5.41. The van der Waals surface area contributed by atoms with Gasteiger partial charge in [0.05, 0.1) is 28.7 Å². The number of aromatic nitrogens is 5. The summed E-state index contributed by atoms with van der Waals surface area (Å²) in [5, 5.41) is 5.45. The zero-order valence-electron chi connectivity index (χ0n) is 17.4. The van der Waals surface area contributed by atoms with Crippen LogP contribution in [0.15, 0.2) is 89.4 Å². The van der Waals surface area contributed by atoms with Crippen molar-refractivity contribution < 1.29 is 0 Å². The van der Waals surface area contributed by atoms with Crippen molar-refractivity contribution in [2.45, 2.75) is 16.6 Å². The molecule has 8 heteroatoms. The average molecular weight is 488 g/mol. The van der Waals surface area contributed by atoms with E-state index >= 15 is 0 Å². The summed E-state index contributed by atoms with van der Waals surface area (Å²) >= 11 is 9.29. The van der Waals surface area contributed by atoms with E-state index in [9.17, 15) is 0 Å². The van der Waals surface area contributed by atoms with Crippen molar-refractivity contribution >= 4 is 50.7 Å². The molecule has 0 saturated heterocycles. The fourth-order valence-corrected chi connectivity index (χ4v) is 5.80.